The fourth-order valence-electron chi connectivity index (χ4n) is 1.75. The van der Waals surface area contributed by atoms with Crippen LogP contribution in [0.3, 0.4) is 0 Å². The van der Waals surface area contributed by atoms with Gasteiger partial charge in [-0.15, -0.1) is 0 Å². The Hall–Kier alpha value is -2.12. The summed E-state index contributed by atoms with van der Waals surface area (Å²) in [6.45, 7) is 1.08. The average molecular weight is 279 g/mol. The third-order valence-electron chi connectivity index (χ3n) is 2.78. The summed E-state index contributed by atoms with van der Waals surface area (Å²) in [7, 11) is 0. The third-order valence-corrected chi connectivity index (χ3v) is 2.78. The maximum absolute atomic E-state index is 11.6. The first-order chi connectivity index (χ1) is 9.63. The molecule has 0 radical (unpaired) electrons. The highest BCUT2D eigenvalue weighted by atomic mass is 16.7. The molecule has 0 saturated carbocycles. The predicted octanol–water partition coefficient (Wildman–Crippen LogP) is -0.175. The normalized spacial score (nSPS) is 11.7. The molecule has 0 saturated heterocycles. The summed E-state index contributed by atoms with van der Waals surface area (Å²) >= 11 is 0. The quantitative estimate of drug-likeness (QED) is 0.194. The van der Waals surface area contributed by atoms with Crippen molar-refractivity contribution < 1.29 is 9.63 Å². The van der Waals surface area contributed by atoms with Crippen LogP contribution in [0.2, 0.25) is 0 Å². The Morgan fingerprint density at radius 3 is 2.65 bits per heavy atom. The lowest BCUT2D eigenvalue weighted by Crippen LogP contribution is -2.40. The van der Waals surface area contributed by atoms with Gasteiger partial charge in [0, 0.05) is 13.1 Å². The Morgan fingerprint density at radius 1 is 1.35 bits per heavy atom. The van der Waals surface area contributed by atoms with Gasteiger partial charge in [-0.3, -0.25) is 5.41 Å². The molecule has 0 unspecified atom stereocenters. The largest absolute Gasteiger partial charge is 0.372 e. The number of carbonyl (C=O) groups is 1. The summed E-state index contributed by atoms with van der Waals surface area (Å²) in [5, 5.41) is 12.8. The summed E-state index contributed by atoms with van der Waals surface area (Å²) in [6, 6.07) is 9.26. The van der Waals surface area contributed by atoms with Gasteiger partial charge >= 0.3 is 5.97 Å². The van der Waals surface area contributed by atoms with Crippen LogP contribution in [-0.4, -0.2) is 24.5 Å². The molecule has 1 rings (SSSR count). The number of hydrogen-bond acceptors (Lipinski definition) is 5. The van der Waals surface area contributed by atoms with Gasteiger partial charge in [0.2, 0.25) is 0 Å². The Bertz CT molecular complexity index is 424. The number of carbonyl (C=O) groups excluding carboxylic acids is 1. The van der Waals surface area contributed by atoms with E-state index in [0.29, 0.717) is 25.9 Å². The summed E-state index contributed by atoms with van der Waals surface area (Å²) in [6.07, 6.45) is 1.21. The molecule has 0 aliphatic rings. The molecule has 110 valence electrons. The number of hydrogen-bond donors (Lipinski definition) is 5. The van der Waals surface area contributed by atoms with E-state index in [1.165, 1.54) is 0 Å². The lowest BCUT2D eigenvalue weighted by atomic mass is 10.1. The topological polar surface area (TPSA) is 126 Å². The van der Waals surface area contributed by atoms with Gasteiger partial charge in [0.05, 0.1) is 0 Å². The van der Waals surface area contributed by atoms with Crippen LogP contribution in [0.1, 0.15) is 18.4 Å². The zero-order chi connectivity index (χ0) is 14.8. The number of guanidine groups is 1. The summed E-state index contributed by atoms with van der Waals surface area (Å²) in [5.74, 6) is 4.36. The highest BCUT2D eigenvalue weighted by molar-refractivity contribution is 5.75. The molecule has 0 fully saturated rings. The van der Waals surface area contributed by atoms with E-state index in [1.54, 1.807) is 0 Å². The smallest absolute Gasteiger partial charge is 0.341 e. The lowest BCUT2D eigenvalue weighted by Gasteiger charge is -2.16. The van der Waals surface area contributed by atoms with Crippen molar-refractivity contribution >= 4 is 11.9 Å². The molecular weight excluding hydrogens is 258 g/mol. The average Bonchev–Trinajstić information content (AvgIpc) is 2.46. The lowest BCUT2D eigenvalue weighted by molar-refractivity contribution is -0.147. The zero-order valence-corrected chi connectivity index (χ0v) is 11.3. The molecule has 0 aromatic heterocycles. The second kappa shape index (κ2) is 8.89. The Balaban J connectivity index is 2.40. The minimum atomic E-state index is -0.497. The van der Waals surface area contributed by atoms with Crippen molar-refractivity contribution in [1.82, 2.24) is 10.6 Å². The van der Waals surface area contributed by atoms with E-state index < -0.39 is 12.0 Å². The standard InChI is InChI=1S/C13H21N5O2/c14-13(15)17-8-4-7-11(12(19)20-16)18-9-10-5-2-1-3-6-10/h1-3,5-6,11,18H,4,7-9,16H2,(H4,14,15,17)/t11-/m0/s1. The second-order valence-electron chi connectivity index (χ2n) is 4.34. The van der Waals surface area contributed by atoms with Crippen LogP contribution in [0.15, 0.2) is 30.3 Å². The molecule has 0 aliphatic carbocycles. The zero-order valence-electron chi connectivity index (χ0n) is 11.3. The van der Waals surface area contributed by atoms with Crippen molar-refractivity contribution in [2.45, 2.75) is 25.4 Å². The molecular formula is C13H21N5O2. The molecule has 1 atom stereocenters. The molecule has 1 aromatic carbocycles. The highest BCUT2D eigenvalue weighted by Gasteiger charge is 2.18. The van der Waals surface area contributed by atoms with Crippen molar-refractivity contribution in [2.24, 2.45) is 11.6 Å². The Labute approximate surface area is 118 Å². The molecule has 0 bridgehead atoms. The minimum Gasteiger partial charge on any atom is -0.372 e. The Kier molecular flexibility index (Phi) is 7.08. The first kappa shape index (κ1) is 15.9. The van der Waals surface area contributed by atoms with Crippen molar-refractivity contribution in [2.75, 3.05) is 6.54 Å². The molecule has 0 amide bonds. The molecule has 0 aliphatic heterocycles. The van der Waals surface area contributed by atoms with Crippen molar-refractivity contribution in [3.05, 3.63) is 35.9 Å². The first-order valence-corrected chi connectivity index (χ1v) is 6.39. The van der Waals surface area contributed by atoms with Crippen LogP contribution in [0.25, 0.3) is 0 Å². The van der Waals surface area contributed by atoms with Gasteiger partial charge in [0.25, 0.3) is 0 Å². The van der Waals surface area contributed by atoms with Crippen LogP contribution < -0.4 is 22.3 Å². The van der Waals surface area contributed by atoms with Gasteiger partial charge in [-0.05, 0) is 18.4 Å². The Morgan fingerprint density at radius 2 is 2.05 bits per heavy atom. The van der Waals surface area contributed by atoms with Crippen molar-refractivity contribution in [1.29, 1.82) is 5.41 Å². The highest BCUT2D eigenvalue weighted by Crippen LogP contribution is 2.03. The minimum absolute atomic E-state index is 0.0832. The number of nitrogens with two attached hydrogens (primary N) is 2. The summed E-state index contributed by atoms with van der Waals surface area (Å²) in [4.78, 5) is 15.9. The van der Waals surface area contributed by atoms with Gasteiger partial charge < -0.3 is 21.2 Å². The maximum atomic E-state index is 11.6. The van der Waals surface area contributed by atoms with Crippen molar-refractivity contribution in [3.8, 4) is 0 Å². The van der Waals surface area contributed by atoms with E-state index in [0.717, 1.165) is 5.56 Å². The van der Waals surface area contributed by atoms with Crippen LogP contribution in [-0.2, 0) is 16.2 Å². The maximum Gasteiger partial charge on any atom is 0.341 e. The molecule has 0 heterocycles. The van der Waals surface area contributed by atoms with Gasteiger partial charge in [0.15, 0.2) is 5.96 Å². The molecule has 1 aromatic rings. The van der Waals surface area contributed by atoms with Gasteiger partial charge in [-0.1, -0.05) is 30.3 Å². The fraction of sp³-hybridized carbons (Fsp3) is 0.385. The van der Waals surface area contributed by atoms with Gasteiger partial charge in [-0.25, -0.2) is 4.79 Å². The van der Waals surface area contributed by atoms with E-state index in [4.69, 9.17) is 17.0 Å². The molecule has 7 heteroatoms. The van der Waals surface area contributed by atoms with E-state index >= 15 is 0 Å². The summed E-state index contributed by atoms with van der Waals surface area (Å²) in [5.41, 5.74) is 6.25. The van der Waals surface area contributed by atoms with Gasteiger partial charge in [0.1, 0.15) is 6.04 Å². The second-order valence-corrected chi connectivity index (χ2v) is 4.34. The SMILES string of the molecule is N=C(N)NCCC[C@H](NCc1ccccc1)C(=O)ON. The van der Waals surface area contributed by atoms with E-state index in [1.807, 2.05) is 30.3 Å². The molecule has 0 spiro atoms. The molecule has 7 nitrogen and oxygen atoms in total. The predicted molar refractivity (Wildman–Crippen MR) is 76.5 cm³/mol. The van der Waals surface area contributed by atoms with Crippen LogP contribution >= 0.6 is 0 Å². The van der Waals surface area contributed by atoms with Crippen LogP contribution in [0, 0.1) is 5.41 Å². The fourth-order valence-corrected chi connectivity index (χ4v) is 1.75. The molecule has 20 heavy (non-hydrogen) atoms. The van der Waals surface area contributed by atoms with E-state index in [9.17, 15) is 4.79 Å². The van der Waals surface area contributed by atoms with Crippen LogP contribution in [0.5, 0.6) is 0 Å². The number of benzene rings is 1. The van der Waals surface area contributed by atoms with Crippen LogP contribution in [0.4, 0.5) is 0 Å². The third kappa shape index (κ3) is 6.17. The van der Waals surface area contributed by atoms with E-state index in [2.05, 4.69) is 15.5 Å². The monoisotopic (exact) mass is 279 g/mol. The number of nitrogens with one attached hydrogen (secondary N) is 3. The number of rotatable bonds is 8. The summed E-state index contributed by atoms with van der Waals surface area (Å²) < 4.78 is 0. The van der Waals surface area contributed by atoms with Gasteiger partial charge in [-0.2, -0.15) is 5.90 Å². The van der Waals surface area contributed by atoms with Crippen molar-refractivity contribution in [3.63, 3.8) is 0 Å². The first-order valence-electron chi connectivity index (χ1n) is 6.39. The molecule has 7 N–H and O–H groups in total. The van der Waals surface area contributed by atoms with E-state index in [-0.39, 0.29) is 5.96 Å².